The number of rotatable bonds is 7. The highest BCUT2D eigenvalue weighted by Gasteiger charge is 2.25. The molecule has 9 heteroatoms. The molecule has 37 heavy (non-hydrogen) atoms. The van der Waals surface area contributed by atoms with Gasteiger partial charge in [-0.1, -0.05) is 24.8 Å². The third-order valence-corrected chi connectivity index (χ3v) is 6.78. The Balaban J connectivity index is 1.64. The molecule has 0 unspecified atom stereocenters. The number of carbonyl (C=O) groups is 2. The summed E-state index contributed by atoms with van der Waals surface area (Å²) in [7, 11) is 3.47. The molecule has 5 rings (SSSR count). The number of hydrogen-bond donors (Lipinski definition) is 3. The Bertz CT molecular complexity index is 1520. The fourth-order valence-corrected chi connectivity index (χ4v) is 4.65. The molecule has 1 aliphatic carbocycles. The molecule has 188 valence electrons. The zero-order valence-corrected chi connectivity index (χ0v) is 20.7. The third kappa shape index (κ3) is 4.40. The molecule has 0 aliphatic heterocycles. The Morgan fingerprint density at radius 2 is 1.86 bits per heavy atom. The number of anilines is 2. The van der Waals surface area contributed by atoms with E-state index in [-0.39, 0.29) is 17.9 Å². The van der Waals surface area contributed by atoms with Gasteiger partial charge in [-0.2, -0.15) is 0 Å². The fraction of sp³-hybridized carbons (Fsp3) is 0.214. The van der Waals surface area contributed by atoms with Crippen LogP contribution < -0.4 is 21.1 Å². The highest BCUT2D eigenvalue weighted by molar-refractivity contribution is 6.08. The molecule has 1 aliphatic rings. The van der Waals surface area contributed by atoms with Crippen LogP contribution in [0.5, 0.6) is 5.75 Å². The highest BCUT2D eigenvalue weighted by Crippen LogP contribution is 2.43. The van der Waals surface area contributed by atoms with E-state index in [1.54, 1.807) is 13.2 Å². The molecule has 1 fully saturated rings. The van der Waals surface area contributed by atoms with Crippen LogP contribution in [-0.4, -0.2) is 39.5 Å². The molecule has 0 saturated heterocycles. The molecule has 2 aromatic heterocycles. The van der Waals surface area contributed by atoms with Gasteiger partial charge in [0.1, 0.15) is 23.5 Å². The molecular weight excluding hydrogens is 468 g/mol. The second-order valence-corrected chi connectivity index (χ2v) is 9.03. The molecule has 0 bridgehead atoms. The first-order valence-electron chi connectivity index (χ1n) is 12.0. The summed E-state index contributed by atoms with van der Waals surface area (Å²) < 4.78 is 7.60. The number of aryl methyl sites for hydroxylation is 1. The van der Waals surface area contributed by atoms with Crippen molar-refractivity contribution in [2.75, 3.05) is 18.2 Å². The van der Waals surface area contributed by atoms with Crippen LogP contribution in [0.2, 0.25) is 0 Å². The first kappa shape index (κ1) is 24.1. The SMILES string of the molecule is C=CC(=O)Nc1ccc(-c2c(-c3ccc(C(=O)NC4CCC4)c(OC)c3)c3c(N)ncnc3n2C)cc1. The van der Waals surface area contributed by atoms with Gasteiger partial charge >= 0.3 is 0 Å². The summed E-state index contributed by atoms with van der Waals surface area (Å²) in [6.45, 7) is 3.49. The predicted molar refractivity (Wildman–Crippen MR) is 144 cm³/mol. The van der Waals surface area contributed by atoms with Crippen molar-refractivity contribution in [3.63, 3.8) is 0 Å². The van der Waals surface area contributed by atoms with E-state index in [0.29, 0.717) is 33.9 Å². The van der Waals surface area contributed by atoms with Crippen LogP contribution in [0.3, 0.4) is 0 Å². The van der Waals surface area contributed by atoms with Gasteiger partial charge in [0.2, 0.25) is 5.91 Å². The lowest BCUT2D eigenvalue weighted by Crippen LogP contribution is -2.39. The summed E-state index contributed by atoms with van der Waals surface area (Å²) in [5, 5.41) is 6.54. The number of fused-ring (bicyclic) bond motifs is 1. The Labute approximate surface area is 214 Å². The predicted octanol–water partition coefficient (Wildman–Crippen LogP) is 4.30. The smallest absolute Gasteiger partial charge is 0.255 e. The highest BCUT2D eigenvalue weighted by atomic mass is 16.5. The molecule has 2 aromatic carbocycles. The lowest BCUT2D eigenvalue weighted by molar-refractivity contribution is -0.111. The average Bonchev–Trinajstić information content (AvgIpc) is 3.19. The first-order valence-corrected chi connectivity index (χ1v) is 12.0. The van der Waals surface area contributed by atoms with Crippen LogP contribution in [-0.2, 0) is 11.8 Å². The summed E-state index contributed by atoms with van der Waals surface area (Å²) in [4.78, 5) is 33.3. The number of benzene rings is 2. The quantitative estimate of drug-likeness (QED) is 0.328. The lowest BCUT2D eigenvalue weighted by Gasteiger charge is -2.26. The zero-order valence-electron chi connectivity index (χ0n) is 20.7. The minimum Gasteiger partial charge on any atom is -0.496 e. The van der Waals surface area contributed by atoms with Crippen LogP contribution in [0.4, 0.5) is 11.5 Å². The molecule has 4 aromatic rings. The minimum absolute atomic E-state index is 0.147. The topological polar surface area (TPSA) is 124 Å². The lowest BCUT2D eigenvalue weighted by atomic mass is 9.92. The molecule has 2 heterocycles. The number of methoxy groups -OCH3 is 1. The number of hydrogen-bond acceptors (Lipinski definition) is 6. The van der Waals surface area contributed by atoms with Crippen molar-refractivity contribution in [3.05, 3.63) is 67.0 Å². The maximum atomic E-state index is 12.9. The maximum Gasteiger partial charge on any atom is 0.255 e. The molecule has 0 radical (unpaired) electrons. The second-order valence-electron chi connectivity index (χ2n) is 9.03. The number of nitrogens with zero attached hydrogens (tertiary/aromatic N) is 3. The van der Waals surface area contributed by atoms with Gasteiger partial charge in [-0.15, -0.1) is 0 Å². The minimum atomic E-state index is -0.283. The number of nitrogens with one attached hydrogen (secondary N) is 2. The van der Waals surface area contributed by atoms with Crippen molar-refractivity contribution in [2.45, 2.75) is 25.3 Å². The summed E-state index contributed by atoms with van der Waals surface area (Å²) in [6.07, 6.45) is 5.80. The largest absolute Gasteiger partial charge is 0.496 e. The van der Waals surface area contributed by atoms with E-state index in [1.807, 2.05) is 48.0 Å². The molecule has 0 atom stereocenters. The Kier molecular flexibility index (Phi) is 6.35. The summed E-state index contributed by atoms with van der Waals surface area (Å²) in [5.41, 5.74) is 11.5. The number of amides is 2. The van der Waals surface area contributed by atoms with E-state index in [1.165, 1.54) is 12.4 Å². The van der Waals surface area contributed by atoms with E-state index < -0.39 is 0 Å². The van der Waals surface area contributed by atoms with Gasteiger partial charge in [0.25, 0.3) is 5.91 Å². The monoisotopic (exact) mass is 496 g/mol. The maximum absolute atomic E-state index is 12.9. The molecule has 4 N–H and O–H groups in total. The van der Waals surface area contributed by atoms with Crippen LogP contribution >= 0.6 is 0 Å². The van der Waals surface area contributed by atoms with Gasteiger partial charge in [-0.3, -0.25) is 9.59 Å². The number of nitrogen functional groups attached to an aromatic ring is 1. The van der Waals surface area contributed by atoms with Crippen LogP contribution in [0.1, 0.15) is 29.6 Å². The summed E-state index contributed by atoms with van der Waals surface area (Å²) in [5.74, 6) is 0.388. The Morgan fingerprint density at radius 3 is 2.51 bits per heavy atom. The van der Waals surface area contributed by atoms with E-state index in [4.69, 9.17) is 10.5 Å². The first-order chi connectivity index (χ1) is 17.9. The Hall–Kier alpha value is -4.66. The van der Waals surface area contributed by atoms with Crippen molar-refractivity contribution in [1.29, 1.82) is 0 Å². The zero-order chi connectivity index (χ0) is 26.1. The van der Waals surface area contributed by atoms with Gasteiger partial charge in [0, 0.05) is 24.3 Å². The second kappa shape index (κ2) is 9.77. The van der Waals surface area contributed by atoms with Crippen molar-refractivity contribution in [2.24, 2.45) is 7.05 Å². The van der Waals surface area contributed by atoms with Crippen LogP contribution in [0.25, 0.3) is 33.4 Å². The standard InChI is InChI=1S/C28H28N6O3/c1-4-22(35)32-19-11-8-16(9-12-19)25-23(24-26(29)30-15-31-27(24)34(25)2)17-10-13-20(21(14-17)37-3)28(36)33-18-6-5-7-18/h4,8-15,18H,1,5-7H2,2-3H3,(H,32,35)(H,33,36)(H2,29,30,31). The van der Waals surface area contributed by atoms with Crippen molar-refractivity contribution < 1.29 is 14.3 Å². The van der Waals surface area contributed by atoms with E-state index >= 15 is 0 Å². The third-order valence-electron chi connectivity index (χ3n) is 6.78. The fourth-order valence-electron chi connectivity index (χ4n) is 4.65. The van der Waals surface area contributed by atoms with Crippen LogP contribution in [0, 0.1) is 0 Å². The van der Waals surface area contributed by atoms with Gasteiger partial charge in [0.05, 0.1) is 23.8 Å². The van der Waals surface area contributed by atoms with Crippen molar-refractivity contribution in [3.8, 4) is 28.1 Å². The number of carbonyl (C=O) groups excluding carboxylic acids is 2. The van der Waals surface area contributed by atoms with Crippen molar-refractivity contribution >= 4 is 34.4 Å². The van der Waals surface area contributed by atoms with Gasteiger partial charge in [0.15, 0.2) is 0 Å². The molecule has 1 saturated carbocycles. The normalized spacial score (nSPS) is 13.1. The Morgan fingerprint density at radius 1 is 1.14 bits per heavy atom. The van der Waals surface area contributed by atoms with Gasteiger partial charge < -0.3 is 25.7 Å². The van der Waals surface area contributed by atoms with Gasteiger partial charge in [-0.05, 0) is 60.7 Å². The van der Waals surface area contributed by atoms with E-state index in [2.05, 4.69) is 27.2 Å². The number of nitrogens with two attached hydrogens (primary N) is 1. The summed E-state index contributed by atoms with van der Waals surface area (Å²) >= 11 is 0. The molecule has 2 amide bonds. The van der Waals surface area contributed by atoms with E-state index in [9.17, 15) is 9.59 Å². The molecule has 0 spiro atoms. The number of ether oxygens (including phenoxy) is 1. The number of aromatic nitrogens is 3. The average molecular weight is 497 g/mol. The van der Waals surface area contributed by atoms with Crippen molar-refractivity contribution in [1.82, 2.24) is 19.9 Å². The molecule has 9 nitrogen and oxygen atoms in total. The molecular formula is C28H28N6O3. The van der Waals surface area contributed by atoms with Gasteiger partial charge in [-0.25, -0.2) is 9.97 Å². The van der Waals surface area contributed by atoms with E-state index in [0.717, 1.165) is 41.6 Å². The van der Waals surface area contributed by atoms with Crippen LogP contribution in [0.15, 0.2) is 61.4 Å². The summed E-state index contributed by atoms with van der Waals surface area (Å²) in [6, 6.07) is 13.2.